The molecule has 1 N–H and O–H groups in total. The van der Waals surface area contributed by atoms with Crippen LogP contribution in [0.5, 0.6) is 0 Å². The molecular weight excluding hydrogens is 400 g/mol. The molecule has 0 aromatic carbocycles. The average molecular weight is 425 g/mol. The van der Waals surface area contributed by atoms with Crippen molar-refractivity contribution in [3.63, 3.8) is 0 Å². The Kier molecular flexibility index (Phi) is 6.33. The van der Waals surface area contributed by atoms with Crippen LogP contribution in [0.4, 0.5) is 10.5 Å². The van der Waals surface area contributed by atoms with Crippen LogP contribution in [-0.2, 0) is 9.47 Å². The van der Waals surface area contributed by atoms with Crippen molar-refractivity contribution in [2.45, 2.75) is 65.2 Å². The Morgan fingerprint density at radius 2 is 2.10 bits per heavy atom. The number of nitrogens with zero attached hydrogens (tertiary/aromatic N) is 2. The minimum absolute atomic E-state index is 0.0425. The highest BCUT2D eigenvalue weighted by Gasteiger charge is 2.39. The van der Waals surface area contributed by atoms with Gasteiger partial charge < -0.3 is 19.0 Å². The number of carboxylic acids is 1. The lowest BCUT2D eigenvalue weighted by molar-refractivity contribution is -0.0485. The molecule has 2 aromatic heterocycles. The number of halogens is 1. The van der Waals surface area contributed by atoms with Crippen molar-refractivity contribution in [1.82, 2.24) is 4.98 Å². The maximum Gasteiger partial charge on any atom is 0.414 e. The number of ether oxygens (including phenoxy) is 2. The average Bonchev–Trinajstić information content (AvgIpc) is 3.01. The normalized spacial score (nSPS) is 21.9. The highest BCUT2D eigenvalue weighted by molar-refractivity contribution is 6.30. The maximum atomic E-state index is 13.0. The van der Waals surface area contributed by atoms with Crippen LogP contribution in [-0.4, -0.2) is 47.0 Å². The van der Waals surface area contributed by atoms with Gasteiger partial charge in [0.1, 0.15) is 10.8 Å². The van der Waals surface area contributed by atoms with Crippen molar-refractivity contribution >= 4 is 40.3 Å². The van der Waals surface area contributed by atoms with E-state index in [2.05, 4.69) is 4.98 Å². The second-order valence-corrected chi connectivity index (χ2v) is 7.55. The molecular formula is C20H25ClN2O6. The quantitative estimate of drug-likeness (QED) is 0.688. The number of carbonyl (C=O) groups is 2. The van der Waals surface area contributed by atoms with E-state index in [1.807, 2.05) is 13.8 Å². The largest absolute Gasteiger partial charge is 0.475 e. The zero-order chi connectivity index (χ0) is 21.3. The summed E-state index contributed by atoms with van der Waals surface area (Å²) in [4.78, 5) is 30.5. The summed E-state index contributed by atoms with van der Waals surface area (Å²) in [6.07, 6.45) is 1.12. The number of aromatic carboxylic acids is 1. The molecule has 1 amide bonds. The summed E-state index contributed by atoms with van der Waals surface area (Å²) in [6.45, 7) is 7.48. The predicted molar refractivity (Wildman–Crippen MR) is 108 cm³/mol. The summed E-state index contributed by atoms with van der Waals surface area (Å²) in [6, 6.07) is 1.20. The fourth-order valence-corrected chi connectivity index (χ4v) is 4.13. The number of furan rings is 1. The summed E-state index contributed by atoms with van der Waals surface area (Å²) in [7, 11) is 0. The molecule has 3 atom stereocenters. The van der Waals surface area contributed by atoms with Crippen LogP contribution >= 0.6 is 11.6 Å². The second-order valence-electron chi connectivity index (χ2n) is 7.16. The van der Waals surface area contributed by atoms with Crippen molar-refractivity contribution in [2.24, 2.45) is 0 Å². The molecule has 1 aliphatic rings. The fourth-order valence-electron chi connectivity index (χ4n) is 3.90. The topological polar surface area (TPSA) is 102 Å². The molecule has 0 radical (unpaired) electrons. The molecule has 1 aliphatic heterocycles. The smallest absolute Gasteiger partial charge is 0.414 e. The van der Waals surface area contributed by atoms with Crippen molar-refractivity contribution in [1.29, 1.82) is 0 Å². The van der Waals surface area contributed by atoms with Crippen molar-refractivity contribution < 1.29 is 28.6 Å². The van der Waals surface area contributed by atoms with Gasteiger partial charge in [-0.2, -0.15) is 0 Å². The van der Waals surface area contributed by atoms with Crippen LogP contribution in [0.2, 0.25) is 5.15 Å². The molecule has 2 aromatic rings. The first-order chi connectivity index (χ1) is 13.8. The number of rotatable bonds is 5. The van der Waals surface area contributed by atoms with E-state index in [4.69, 9.17) is 25.5 Å². The van der Waals surface area contributed by atoms with Crippen LogP contribution in [0.15, 0.2) is 10.5 Å². The predicted octanol–water partition coefficient (Wildman–Crippen LogP) is 4.80. The summed E-state index contributed by atoms with van der Waals surface area (Å²) in [5.41, 5.74) is 0.868. The van der Waals surface area contributed by atoms with E-state index in [9.17, 15) is 14.7 Å². The molecule has 9 heteroatoms. The lowest BCUT2D eigenvalue weighted by atomic mass is 9.95. The van der Waals surface area contributed by atoms with Gasteiger partial charge in [0.2, 0.25) is 5.76 Å². The van der Waals surface area contributed by atoms with E-state index < -0.39 is 12.1 Å². The number of aryl methyl sites for hydroxylation is 1. The summed E-state index contributed by atoms with van der Waals surface area (Å²) < 4.78 is 16.8. The Balaban J connectivity index is 2.22. The Bertz CT molecular complexity index is 927. The monoisotopic (exact) mass is 424 g/mol. The molecule has 1 saturated heterocycles. The lowest BCUT2D eigenvalue weighted by Gasteiger charge is -2.39. The number of pyridine rings is 1. The van der Waals surface area contributed by atoms with Gasteiger partial charge in [-0.1, -0.05) is 18.5 Å². The number of carbonyl (C=O) groups excluding carboxylic acids is 1. The van der Waals surface area contributed by atoms with E-state index in [0.717, 1.165) is 6.42 Å². The Morgan fingerprint density at radius 1 is 1.38 bits per heavy atom. The van der Waals surface area contributed by atoms with E-state index in [0.29, 0.717) is 23.9 Å². The second kappa shape index (κ2) is 8.59. The zero-order valence-electron chi connectivity index (χ0n) is 16.9. The molecule has 8 nitrogen and oxygen atoms in total. The molecule has 158 valence electrons. The minimum Gasteiger partial charge on any atom is -0.475 e. The van der Waals surface area contributed by atoms with Gasteiger partial charge in [-0.3, -0.25) is 4.90 Å². The number of aromatic nitrogens is 1. The number of anilines is 1. The highest BCUT2D eigenvalue weighted by atomic mass is 35.5. The zero-order valence-corrected chi connectivity index (χ0v) is 17.7. The SMILES string of the molecule is CCOC(=O)N(c1c(C(=O)O)oc2c(C)nc(Cl)cc12)[C@@H]1C[C@H](CC)O[C@H](C)C1. The van der Waals surface area contributed by atoms with Gasteiger partial charge in [0, 0.05) is 6.04 Å². The van der Waals surface area contributed by atoms with Crippen LogP contribution < -0.4 is 4.90 Å². The van der Waals surface area contributed by atoms with Gasteiger partial charge in [0.25, 0.3) is 0 Å². The molecule has 0 unspecified atom stereocenters. The molecule has 29 heavy (non-hydrogen) atoms. The standard InChI is InChI=1S/C20H25ClN2O6/c1-5-13-8-12(7-10(3)28-13)23(20(26)27-6-2)16-14-9-15(21)22-11(4)17(14)29-18(16)19(24)25/h9-10,12-13H,5-8H2,1-4H3,(H,24,25)/t10-,12+,13+/m1/s1. The third-order valence-corrected chi connectivity index (χ3v) is 5.26. The Hall–Kier alpha value is -2.32. The Labute approximate surface area is 173 Å². The van der Waals surface area contributed by atoms with E-state index in [-0.39, 0.29) is 47.0 Å². The first kappa shape index (κ1) is 21.4. The van der Waals surface area contributed by atoms with Crippen LogP contribution in [0.3, 0.4) is 0 Å². The van der Waals surface area contributed by atoms with Gasteiger partial charge in [0.05, 0.1) is 29.9 Å². The van der Waals surface area contributed by atoms with Crippen LogP contribution in [0.25, 0.3) is 11.0 Å². The Morgan fingerprint density at radius 3 is 2.72 bits per heavy atom. The number of carboxylic acid groups (broad SMARTS) is 1. The van der Waals surface area contributed by atoms with Crippen molar-refractivity contribution in [3.05, 3.63) is 22.7 Å². The first-order valence-corrected chi connectivity index (χ1v) is 10.1. The molecule has 3 rings (SSSR count). The number of hydrogen-bond acceptors (Lipinski definition) is 6. The summed E-state index contributed by atoms with van der Waals surface area (Å²) in [5, 5.41) is 10.4. The van der Waals surface area contributed by atoms with E-state index >= 15 is 0 Å². The molecule has 0 saturated carbocycles. The van der Waals surface area contributed by atoms with Crippen molar-refractivity contribution in [3.8, 4) is 0 Å². The molecule has 0 bridgehead atoms. The molecule has 0 aliphatic carbocycles. The first-order valence-electron chi connectivity index (χ1n) is 9.71. The summed E-state index contributed by atoms with van der Waals surface area (Å²) in [5.74, 6) is -1.62. The maximum absolute atomic E-state index is 13.0. The van der Waals surface area contributed by atoms with Gasteiger partial charge in [0.15, 0.2) is 5.58 Å². The van der Waals surface area contributed by atoms with Gasteiger partial charge in [-0.05, 0) is 46.1 Å². The number of fused-ring (bicyclic) bond motifs is 1. The number of amides is 1. The lowest BCUT2D eigenvalue weighted by Crippen LogP contribution is -2.48. The van der Waals surface area contributed by atoms with E-state index in [1.54, 1.807) is 13.8 Å². The third-order valence-electron chi connectivity index (χ3n) is 5.07. The van der Waals surface area contributed by atoms with Gasteiger partial charge in [-0.25, -0.2) is 14.6 Å². The molecule has 0 spiro atoms. The highest BCUT2D eigenvalue weighted by Crippen LogP contribution is 2.40. The molecule has 3 heterocycles. The van der Waals surface area contributed by atoms with Gasteiger partial charge >= 0.3 is 12.1 Å². The summed E-state index contributed by atoms with van der Waals surface area (Å²) >= 11 is 6.13. The van der Waals surface area contributed by atoms with Crippen LogP contribution in [0.1, 0.15) is 56.3 Å². The number of hydrogen-bond donors (Lipinski definition) is 1. The van der Waals surface area contributed by atoms with E-state index in [1.165, 1.54) is 11.0 Å². The fraction of sp³-hybridized carbons (Fsp3) is 0.550. The van der Waals surface area contributed by atoms with Crippen molar-refractivity contribution in [2.75, 3.05) is 11.5 Å². The minimum atomic E-state index is -1.28. The van der Waals surface area contributed by atoms with Gasteiger partial charge in [-0.15, -0.1) is 0 Å². The molecule has 1 fully saturated rings. The van der Waals surface area contributed by atoms with Crippen LogP contribution in [0, 0.1) is 6.92 Å². The third kappa shape index (κ3) is 4.18.